The summed E-state index contributed by atoms with van der Waals surface area (Å²) in [7, 11) is 1.52. The molecule has 2 aliphatic rings. The second-order valence-corrected chi connectivity index (χ2v) is 5.94. The number of nitrogens with zero attached hydrogens (tertiary/aromatic N) is 1. The summed E-state index contributed by atoms with van der Waals surface area (Å²) in [6.45, 7) is 3.03. The van der Waals surface area contributed by atoms with Crippen molar-refractivity contribution in [2.75, 3.05) is 20.2 Å². The topological polar surface area (TPSA) is 42.9 Å². The molecule has 126 valence electrons. The highest BCUT2D eigenvalue weighted by atomic mass is 19.4. The molecule has 2 heterocycles. The molecular weight excluding hydrogens is 309 g/mol. The van der Waals surface area contributed by atoms with Crippen LogP contribution in [0.5, 0.6) is 5.75 Å². The number of hydrogen-bond donors (Lipinski definition) is 1. The summed E-state index contributed by atoms with van der Waals surface area (Å²) in [5.74, 6) is 1.17. The van der Waals surface area contributed by atoms with Crippen molar-refractivity contribution in [1.82, 2.24) is 5.32 Å². The number of aliphatic imine (C=N–C) groups is 1. The van der Waals surface area contributed by atoms with Crippen LogP contribution in [0.1, 0.15) is 24.5 Å². The van der Waals surface area contributed by atoms with Gasteiger partial charge in [-0.1, -0.05) is 12.1 Å². The Balaban J connectivity index is 2.06. The second kappa shape index (κ2) is 5.70. The van der Waals surface area contributed by atoms with Gasteiger partial charge in [-0.2, -0.15) is 13.2 Å². The number of rotatable bonds is 3. The van der Waals surface area contributed by atoms with E-state index in [2.05, 4.69) is 10.3 Å². The van der Waals surface area contributed by atoms with Gasteiger partial charge in [0, 0.05) is 18.5 Å². The van der Waals surface area contributed by atoms with Crippen LogP contribution in [0.25, 0.3) is 0 Å². The zero-order chi connectivity index (χ0) is 16.7. The Bertz CT molecular complexity index is 630. The van der Waals surface area contributed by atoms with E-state index in [9.17, 15) is 13.2 Å². The Kier molecular flexibility index (Phi) is 4.00. The quantitative estimate of drug-likeness (QED) is 0.928. The zero-order valence-corrected chi connectivity index (χ0v) is 13.0. The molecule has 7 heteroatoms. The van der Waals surface area contributed by atoms with E-state index in [0.717, 1.165) is 11.1 Å². The summed E-state index contributed by atoms with van der Waals surface area (Å²) in [6, 6.07) is 5.45. The molecule has 0 amide bonds. The molecule has 23 heavy (non-hydrogen) atoms. The Hall–Kier alpha value is -1.76. The Labute approximate surface area is 132 Å². The molecule has 3 rings (SSSR count). The number of benzene rings is 1. The molecule has 4 nitrogen and oxygen atoms in total. The van der Waals surface area contributed by atoms with E-state index in [1.54, 1.807) is 13.0 Å². The van der Waals surface area contributed by atoms with Crippen molar-refractivity contribution in [3.05, 3.63) is 29.3 Å². The first-order valence-electron chi connectivity index (χ1n) is 7.53. The van der Waals surface area contributed by atoms with Crippen LogP contribution in [0.15, 0.2) is 23.2 Å². The molecule has 1 aromatic rings. The summed E-state index contributed by atoms with van der Waals surface area (Å²) in [6.07, 6.45) is -6.07. The zero-order valence-electron chi connectivity index (χ0n) is 13.0. The maximum absolute atomic E-state index is 12.9. The molecule has 0 radical (unpaired) electrons. The van der Waals surface area contributed by atoms with Crippen LogP contribution in [0.4, 0.5) is 13.2 Å². The van der Waals surface area contributed by atoms with Crippen LogP contribution in [0.2, 0.25) is 0 Å². The minimum atomic E-state index is -4.28. The van der Waals surface area contributed by atoms with Crippen LogP contribution < -0.4 is 10.1 Å². The number of amidine groups is 1. The minimum Gasteiger partial charge on any atom is -0.496 e. The monoisotopic (exact) mass is 328 g/mol. The summed E-state index contributed by atoms with van der Waals surface area (Å²) in [5, 5.41) is 3.13. The van der Waals surface area contributed by atoms with Crippen molar-refractivity contribution in [2.24, 2.45) is 4.99 Å². The normalized spacial score (nSPS) is 27.2. The molecule has 0 saturated heterocycles. The molecule has 2 aliphatic heterocycles. The molecule has 0 aromatic heterocycles. The van der Waals surface area contributed by atoms with E-state index in [-0.39, 0.29) is 6.42 Å². The highest BCUT2D eigenvalue weighted by molar-refractivity contribution is 5.93. The van der Waals surface area contributed by atoms with Gasteiger partial charge in [0.25, 0.3) is 0 Å². The fourth-order valence-electron chi connectivity index (χ4n) is 3.35. The fraction of sp³-hybridized carbons (Fsp3) is 0.562. The van der Waals surface area contributed by atoms with Crippen molar-refractivity contribution in [1.29, 1.82) is 0 Å². The predicted octanol–water partition coefficient (Wildman–Crippen LogP) is 2.81. The first-order chi connectivity index (χ1) is 10.8. The highest BCUT2D eigenvalue weighted by Gasteiger charge is 2.46. The van der Waals surface area contributed by atoms with Crippen molar-refractivity contribution in [3.63, 3.8) is 0 Å². The number of fused-ring (bicyclic) bond motifs is 1. The molecule has 1 aromatic carbocycles. The Morgan fingerprint density at radius 3 is 2.83 bits per heavy atom. The first kappa shape index (κ1) is 16.1. The SMILES string of the molecule is COc1cccc2c1CC(CC(F)(F)F)OC2(C)C1=NCCN1. The third kappa shape index (κ3) is 3.02. The Morgan fingerprint density at radius 1 is 1.43 bits per heavy atom. The molecular formula is C16H19F3N2O2. The number of nitrogens with one attached hydrogen (secondary N) is 1. The lowest BCUT2D eigenvalue weighted by Crippen LogP contribution is -2.49. The predicted molar refractivity (Wildman–Crippen MR) is 79.9 cm³/mol. The van der Waals surface area contributed by atoms with Gasteiger partial charge in [0.2, 0.25) is 0 Å². The van der Waals surface area contributed by atoms with Gasteiger partial charge >= 0.3 is 6.18 Å². The summed E-state index contributed by atoms with van der Waals surface area (Å²) < 4.78 is 49.9. The smallest absolute Gasteiger partial charge is 0.391 e. The average molecular weight is 328 g/mol. The van der Waals surface area contributed by atoms with E-state index in [0.29, 0.717) is 24.7 Å². The molecule has 2 unspecified atom stereocenters. The van der Waals surface area contributed by atoms with Gasteiger partial charge in [-0.25, -0.2) is 0 Å². The van der Waals surface area contributed by atoms with E-state index in [1.807, 2.05) is 12.1 Å². The van der Waals surface area contributed by atoms with Gasteiger partial charge in [0.15, 0.2) is 0 Å². The molecule has 0 spiro atoms. The van der Waals surface area contributed by atoms with E-state index >= 15 is 0 Å². The van der Waals surface area contributed by atoms with E-state index in [1.165, 1.54) is 7.11 Å². The first-order valence-corrected chi connectivity index (χ1v) is 7.53. The number of hydrogen-bond acceptors (Lipinski definition) is 4. The largest absolute Gasteiger partial charge is 0.496 e. The van der Waals surface area contributed by atoms with Gasteiger partial charge in [-0.15, -0.1) is 0 Å². The molecule has 0 bridgehead atoms. The number of ether oxygens (including phenoxy) is 2. The second-order valence-electron chi connectivity index (χ2n) is 5.94. The van der Waals surface area contributed by atoms with Crippen LogP contribution >= 0.6 is 0 Å². The third-order valence-electron chi connectivity index (χ3n) is 4.29. The van der Waals surface area contributed by atoms with Gasteiger partial charge in [0.05, 0.1) is 26.2 Å². The maximum Gasteiger partial charge on any atom is 0.391 e. The van der Waals surface area contributed by atoms with Crippen LogP contribution in [-0.4, -0.2) is 38.3 Å². The van der Waals surface area contributed by atoms with Crippen LogP contribution in [0.3, 0.4) is 0 Å². The molecule has 0 aliphatic carbocycles. The summed E-state index contributed by atoms with van der Waals surface area (Å²) >= 11 is 0. The summed E-state index contributed by atoms with van der Waals surface area (Å²) in [4.78, 5) is 4.37. The number of halogens is 3. The van der Waals surface area contributed by atoms with Crippen molar-refractivity contribution in [2.45, 2.75) is 37.6 Å². The third-order valence-corrected chi connectivity index (χ3v) is 4.29. The molecule has 1 N–H and O–H groups in total. The highest BCUT2D eigenvalue weighted by Crippen LogP contribution is 2.42. The van der Waals surface area contributed by atoms with Crippen LogP contribution in [-0.2, 0) is 16.8 Å². The molecule has 0 fully saturated rings. The lowest BCUT2D eigenvalue weighted by Gasteiger charge is -2.41. The van der Waals surface area contributed by atoms with Gasteiger partial charge in [-0.05, 0) is 18.6 Å². The van der Waals surface area contributed by atoms with Crippen LogP contribution in [0, 0.1) is 0 Å². The van der Waals surface area contributed by atoms with Crippen molar-refractivity contribution < 1.29 is 22.6 Å². The number of methoxy groups -OCH3 is 1. The van der Waals surface area contributed by atoms with Crippen molar-refractivity contribution in [3.8, 4) is 5.75 Å². The fourth-order valence-corrected chi connectivity index (χ4v) is 3.35. The van der Waals surface area contributed by atoms with E-state index in [4.69, 9.17) is 9.47 Å². The average Bonchev–Trinajstić information content (AvgIpc) is 3.00. The van der Waals surface area contributed by atoms with Gasteiger partial charge in [0.1, 0.15) is 17.2 Å². The Morgan fingerprint density at radius 2 is 2.22 bits per heavy atom. The maximum atomic E-state index is 12.9. The number of alkyl halides is 3. The standard InChI is InChI=1S/C16H19F3N2O2/c1-15(14-20-6-7-21-14)12-4-3-5-13(22-2)11(12)8-10(23-15)9-16(17,18)19/h3-5,10H,6-9H2,1-2H3,(H,20,21). The van der Waals surface area contributed by atoms with Gasteiger partial charge < -0.3 is 14.8 Å². The lowest BCUT2D eigenvalue weighted by atomic mass is 9.83. The lowest BCUT2D eigenvalue weighted by molar-refractivity contribution is -0.176. The molecule has 0 saturated carbocycles. The van der Waals surface area contributed by atoms with Crippen molar-refractivity contribution >= 4 is 5.84 Å². The molecule has 2 atom stereocenters. The van der Waals surface area contributed by atoms with E-state index < -0.39 is 24.3 Å². The summed E-state index contributed by atoms with van der Waals surface area (Å²) in [5.41, 5.74) is 0.548. The minimum absolute atomic E-state index is 0.168. The van der Waals surface area contributed by atoms with Gasteiger partial charge in [-0.3, -0.25) is 4.99 Å².